The lowest BCUT2D eigenvalue weighted by Gasteiger charge is -2.16. The van der Waals surface area contributed by atoms with Crippen LogP contribution < -0.4 is 5.32 Å². The first-order valence-corrected chi connectivity index (χ1v) is 7.84. The van der Waals surface area contributed by atoms with Crippen molar-refractivity contribution >= 4 is 11.8 Å². The number of carbonyl (C=O) groups excluding carboxylic acids is 2. The molecule has 5 heteroatoms. The first-order valence-electron chi connectivity index (χ1n) is 7.84. The largest absolute Gasteiger partial charge is 0.396 e. The van der Waals surface area contributed by atoms with Crippen LogP contribution in [0.2, 0.25) is 0 Å². The summed E-state index contributed by atoms with van der Waals surface area (Å²) in [7, 11) is 0. The number of nitrogens with one attached hydrogen (secondary N) is 1. The minimum atomic E-state index is -0.0323. The number of amides is 2. The molecule has 0 aromatic carbocycles. The van der Waals surface area contributed by atoms with E-state index in [0.29, 0.717) is 25.4 Å². The molecule has 2 rings (SSSR count). The zero-order valence-electron chi connectivity index (χ0n) is 12.1. The van der Waals surface area contributed by atoms with Gasteiger partial charge in [-0.3, -0.25) is 9.59 Å². The van der Waals surface area contributed by atoms with Crippen molar-refractivity contribution in [2.45, 2.75) is 44.9 Å². The maximum absolute atomic E-state index is 11.9. The van der Waals surface area contributed by atoms with Crippen LogP contribution in [0.5, 0.6) is 0 Å². The number of rotatable bonds is 6. The third-order valence-corrected chi connectivity index (χ3v) is 4.59. The molecular formula is C15H26N2O3. The SMILES string of the molecule is O=C(CCC1CCCC1)NCC(=O)N1CCC(CO)C1. The van der Waals surface area contributed by atoms with Crippen molar-refractivity contribution in [1.29, 1.82) is 0 Å². The zero-order chi connectivity index (χ0) is 14.4. The average molecular weight is 282 g/mol. The number of likely N-dealkylation sites (tertiary alicyclic amines) is 1. The smallest absolute Gasteiger partial charge is 0.241 e. The van der Waals surface area contributed by atoms with Crippen molar-refractivity contribution < 1.29 is 14.7 Å². The van der Waals surface area contributed by atoms with Gasteiger partial charge in [0.15, 0.2) is 0 Å². The number of hydrogen-bond donors (Lipinski definition) is 2. The predicted molar refractivity (Wildman–Crippen MR) is 76.0 cm³/mol. The van der Waals surface area contributed by atoms with Gasteiger partial charge in [-0.05, 0) is 18.8 Å². The van der Waals surface area contributed by atoms with E-state index >= 15 is 0 Å². The highest BCUT2D eigenvalue weighted by molar-refractivity contribution is 5.84. The Labute approximate surface area is 120 Å². The summed E-state index contributed by atoms with van der Waals surface area (Å²) in [5.74, 6) is 0.871. The Hall–Kier alpha value is -1.10. The number of aliphatic hydroxyl groups excluding tert-OH is 1. The molecule has 2 N–H and O–H groups in total. The van der Waals surface area contributed by atoms with Gasteiger partial charge in [0.25, 0.3) is 0 Å². The Kier molecular flexibility index (Phi) is 5.83. The number of aliphatic hydroxyl groups is 1. The van der Waals surface area contributed by atoms with E-state index in [9.17, 15) is 9.59 Å². The fraction of sp³-hybridized carbons (Fsp3) is 0.867. The highest BCUT2D eigenvalue weighted by Gasteiger charge is 2.25. The van der Waals surface area contributed by atoms with E-state index in [1.807, 2.05) is 0 Å². The van der Waals surface area contributed by atoms with Gasteiger partial charge in [-0.2, -0.15) is 0 Å². The molecular weight excluding hydrogens is 256 g/mol. The van der Waals surface area contributed by atoms with E-state index in [4.69, 9.17) is 5.11 Å². The van der Waals surface area contributed by atoms with E-state index in [2.05, 4.69) is 5.32 Å². The van der Waals surface area contributed by atoms with Crippen LogP contribution in [0.4, 0.5) is 0 Å². The molecule has 1 aliphatic carbocycles. The Balaban J connectivity index is 1.59. The quantitative estimate of drug-likeness (QED) is 0.761. The minimum absolute atomic E-state index is 0.0110. The second-order valence-corrected chi connectivity index (χ2v) is 6.14. The van der Waals surface area contributed by atoms with Gasteiger partial charge in [0.2, 0.25) is 11.8 Å². The van der Waals surface area contributed by atoms with Crippen molar-refractivity contribution in [3.8, 4) is 0 Å². The molecule has 0 spiro atoms. The Morgan fingerprint density at radius 1 is 1.15 bits per heavy atom. The van der Waals surface area contributed by atoms with E-state index in [-0.39, 0.29) is 30.9 Å². The van der Waals surface area contributed by atoms with Gasteiger partial charge in [-0.1, -0.05) is 25.7 Å². The molecule has 1 unspecified atom stereocenters. The van der Waals surface area contributed by atoms with Crippen molar-refractivity contribution in [3.63, 3.8) is 0 Å². The first kappa shape index (κ1) is 15.3. The van der Waals surface area contributed by atoms with E-state index in [1.165, 1.54) is 25.7 Å². The molecule has 0 bridgehead atoms. The molecule has 2 fully saturated rings. The summed E-state index contributed by atoms with van der Waals surface area (Å²) >= 11 is 0. The molecule has 0 aromatic rings. The Morgan fingerprint density at radius 3 is 2.55 bits per heavy atom. The van der Waals surface area contributed by atoms with E-state index in [0.717, 1.165) is 12.8 Å². The highest BCUT2D eigenvalue weighted by Crippen LogP contribution is 2.28. The molecule has 1 atom stereocenters. The monoisotopic (exact) mass is 282 g/mol. The van der Waals surface area contributed by atoms with Crippen LogP contribution in [0.1, 0.15) is 44.9 Å². The van der Waals surface area contributed by atoms with Gasteiger partial charge < -0.3 is 15.3 Å². The van der Waals surface area contributed by atoms with Crippen LogP contribution in [0.15, 0.2) is 0 Å². The van der Waals surface area contributed by atoms with Gasteiger partial charge in [-0.25, -0.2) is 0 Å². The van der Waals surface area contributed by atoms with Gasteiger partial charge in [0, 0.05) is 32.0 Å². The normalized spacial score (nSPS) is 23.2. The third kappa shape index (κ3) is 4.47. The second kappa shape index (κ2) is 7.62. The van der Waals surface area contributed by atoms with Crippen molar-refractivity contribution in [2.24, 2.45) is 11.8 Å². The average Bonchev–Trinajstić information content (AvgIpc) is 3.12. The fourth-order valence-electron chi connectivity index (χ4n) is 3.22. The molecule has 1 aliphatic heterocycles. The summed E-state index contributed by atoms with van der Waals surface area (Å²) in [6, 6.07) is 0. The first-order chi connectivity index (χ1) is 9.69. The molecule has 20 heavy (non-hydrogen) atoms. The molecule has 5 nitrogen and oxygen atoms in total. The maximum atomic E-state index is 11.9. The minimum Gasteiger partial charge on any atom is -0.396 e. The molecule has 2 aliphatic rings. The van der Waals surface area contributed by atoms with E-state index < -0.39 is 0 Å². The van der Waals surface area contributed by atoms with Crippen LogP contribution in [-0.2, 0) is 9.59 Å². The van der Waals surface area contributed by atoms with E-state index in [1.54, 1.807) is 4.90 Å². The standard InChI is InChI=1S/C15H26N2O3/c18-11-13-7-8-17(10-13)15(20)9-16-14(19)6-5-12-3-1-2-4-12/h12-13,18H,1-11H2,(H,16,19). The summed E-state index contributed by atoms with van der Waals surface area (Å²) in [5.41, 5.74) is 0. The lowest BCUT2D eigenvalue weighted by molar-refractivity contribution is -0.132. The summed E-state index contributed by atoms with van der Waals surface area (Å²) < 4.78 is 0. The summed E-state index contributed by atoms with van der Waals surface area (Å²) in [4.78, 5) is 25.4. The van der Waals surface area contributed by atoms with Gasteiger partial charge in [-0.15, -0.1) is 0 Å². The number of hydrogen-bond acceptors (Lipinski definition) is 3. The maximum Gasteiger partial charge on any atom is 0.241 e. The van der Waals surface area contributed by atoms with Crippen LogP contribution in [-0.4, -0.2) is 48.1 Å². The number of carbonyl (C=O) groups is 2. The van der Waals surface area contributed by atoms with Crippen molar-refractivity contribution in [3.05, 3.63) is 0 Å². The lowest BCUT2D eigenvalue weighted by atomic mass is 10.0. The highest BCUT2D eigenvalue weighted by atomic mass is 16.3. The topological polar surface area (TPSA) is 69.6 Å². The predicted octanol–water partition coefficient (Wildman–Crippen LogP) is 0.914. The summed E-state index contributed by atoms with van der Waals surface area (Å²) in [6.07, 6.45) is 7.45. The molecule has 0 aromatic heterocycles. The molecule has 1 saturated carbocycles. The van der Waals surface area contributed by atoms with Crippen LogP contribution in [0.25, 0.3) is 0 Å². The molecule has 1 saturated heterocycles. The second-order valence-electron chi connectivity index (χ2n) is 6.14. The van der Waals surface area contributed by atoms with Crippen LogP contribution in [0, 0.1) is 11.8 Å². The molecule has 2 amide bonds. The fourth-order valence-corrected chi connectivity index (χ4v) is 3.22. The number of nitrogens with zero attached hydrogens (tertiary/aromatic N) is 1. The van der Waals surface area contributed by atoms with Gasteiger partial charge in [0.05, 0.1) is 6.54 Å². The molecule has 1 heterocycles. The molecule has 114 valence electrons. The Morgan fingerprint density at radius 2 is 1.90 bits per heavy atom. The van der Waals surface area contributed by atoms with Crippen molar-refractivity contribution in [1.82, 2.24) is 10.2 Å². The Bertz CT molecular complexity index is 340. The van der Waals surface area contributed by atoms with Gasteiger partial charge >= 0.3 is 0 Å². The molecule has 0 radical (unpaired) electrons. The zero-order valence-corrected chi connectivity index (χ0v) is 12.1. The van der Waals surface area contributed by atoms with Crippen LogP contribution >= 0.6 is 0 Å². The van der Waals surface area contributed by atoms with Crippen LogP contribution in [0.3, 0.4) is 0 Å². The summed E-state index contributed by atoms with van der Waals surface area (Å²) in [6.45, 7) is 1.55. The lowest BCUT2D eigenvalue weighted by Crippen LogP contribution is -2.39. The summed E-state index contributed by atoms with van der Waals surface area (Å²) in [5, 5.41) is 11.8. The third-order valence-electron chi connectivity index (χ3n) is 4.59. The van der Waals surface area contributed by atoms with Crippen molar-refractivity contribution in [2.75, 3.05) is 26.2 Å². The van der Waals surface area contributed by atoms with Gasteiger partial charge in [0.1, 0.15) is 0 Å².